The second kappa shape index (κ2) is 40.0. The van der Waals surface area contributed by atoms with Crippen LogP contribution in [0.2, 0.25) is 0 Å². The summed E-state index contributed by atoms with van der Waals surface area (Å²) in [6, 6.07) is 0. The SMILES string of the molecule is C=CCN(CCCCCCCCCCCCCCCCCC)CCCCCCCCCCCCCCCCCC.Cl. The highest BCUT2D eigenvalue weighted by Gasteiger charge is 2.03. The fourth-order valence-corrected chi connectivity index (χ4v) is 6.24. The van der Waals surface area contributed by atoms with Gasteiger partial charge in [0.25, 0.3) is 0 Å². The van der Waals surface area contributed by atoms with E-state index in [-0.39, 0.29) is 12.4 Å². The second-order valence-electron chi connectivity index (χ2n) is 13.2. The highest BCUT2D eigenvalue weighted by Crippen LogP contribution is 2.15. The summed E-state index contributed by atoms with van der Waals surface area (Å²) in [5.74, 6) is 0. The van der Waals surface area contributed by atoms with Crippen molar-refractivity contribution in [2.75, 3.05) is 19.6 Å². The fraction of sp³-hybridized carbons (Fsp3) is 0.949. The largest absolute Gasteiger partial charge is 0.300 e. The highest BCUT2D eigenvalue weighted by atomic mass is 35.5. The van der Waals surface area contributed by atoms with Gasteiger partial charge in [-0.3, -0.25) is 4.90 Å². The van der Waals surface area contributed by atoms with Gasteiger partial charge < -0.3 is 0 Å². The van der Waals surface area contributed by atoms with Crippen LogP contribution >= 0.6 is 12.4 Å². The molecule has 0 heterocycles. The maximum atomic E-state index is 4.01. The molecule has 0 saturated heterocycles. The molecular weight excluding hydrogens is 518 g/mol. The summed E-state index contributed by atoms with van der Waals surface area (Å²) in [6.45, 7) is 12.3. The van der Waals surface area contributed by atoms with Crippen molar-refractivity contribution in [2.45, 2.75) is 219 Å². The lowest BCUT2D eigenvalue weighted by molar-refractivity contribution is 0.286. The normalized spacial score (nSPS) is 11.3. The van der Waals surface area contributed by atoms with Crippen molar-refractivity contribution in [3.63, 3.8) is 0 Å². The number of hydrogen-bond donors (Lipinski definition) is 0. The molecule has 0 N–H and O–H groups in total. The third-order valence-electron chi connectivity index (χ3n) is 9.04. The van der Waals surface area contributed by atoms with E-state index in [0.29, 0.717) is 0 Å². The van der Waals surface area contributed by atoms with Crippen LogP contribution in [0.25, 0.3) is 0 Å². The first-order valence-corrected chi connectivity index (χ1v) is 19.2. The molecule has 2 heteroatoms. The lowest BCUT2D eigenvalue weighted by atomic mass is 10.0. The molecule has 1 nitrogen and oxygen atoms in total. The molecule has 0 aromatic rings. The van der Waals surface area contributed by atoms with Gasteiger partial charge in [-0.25, -0.2) is 0 Å². The summed E-state index contributed by atoms with van der Waals surface area (Å²) in [7, 11) is 0. The Labute approximate surface area is 268 Å². The van der Waals surface area contributed by atoms with Crippen molar-refractivity contribution >= 4 is 12.4 Å². The summed E-state index contributed by atoms with van der Waals surface area (Å²) >= 11 is 0. The van der Waals surface area contributed by atoms with E-state index in [2.05, 4.69) is 31.4 Å². The molecule has 0 saturated carbocycles. The first-order valence-electron chi connectivity index (χ1n) is 19.2. The maximum Gasteiger partial charge on any atom is 0.0160 e. The first kappa shape index (κ1) is 43.1. The van der Waals surface area contributed by atoms with Crippen LogP contribution < -0.4 is 0 Å². The summed E-state index contributed by atoms with van der Waals surface area (Å²) in [4.78, 5) is 2.65. The minimum Gasteiger partial charge on any atom is -0.300 e. The number of rotatable bonds is 36. The predicted molar refractivity (Wildman–Crippen MR) is 193 cm³/mol. The van der Waals surface area contributed by atoms with Crippen molar-refractivity contribution in [1.82, 2.24) is 4.90 Å². The maximum absolute atomic E-state index is 4.01. The number of hydrogen-bond acceptors (Lipinski definition) is 1. The zero-order valence-corrected chi connectivity index (χ0v) is 29.7. The molecular formula is C39H80ClN. The Morgan fingerprint density at radius 2 is 0.537 bits per heavy atom. The standard InChI is InChI=1S/C39H79N.ClH/c1-4-7-9-11-13-15-17-19-21-23-25-27-29-31-33-35-38-40(37-6-3)39-36-34-32-30-28-26-24-22-20-18-16-14-12-10-8-5-2;/h6H,3-5,7-39H2,1-2H3;1H. The van der Waals surface area contributed by atoms with Crippen LogP contribution in [-0.2, 0) is 0 Å². The Morgan fingerprint density at radius 3 is 0.732 bits per heavy atom. The van der Waals surface area contributed by atoms with Crippen molar-refractivity contribution in [1.29, 1.82) is 0 Å². The lowest BCUT2D eigenvalue weighted by Gasteiger charge is -2.20. The smallest absolute Gasteiger partial charge is 0.0160 e. The summed E-state index contributed by atoms with van der Waals surface area (Å²) < 4.78 is 0. The van der Waals surface area contributed by atoms with Gasteiger partial charge in [-0.05, 0) is 25.9 Å². The molecule has 0 aliphatic heterocycles. The van der Waals surface area contributed by atoms with Crippen molar-refractivity contribution < 1.29 is 0 Å². The molecule has 0 amide bonds. The molecule has 0 radical (unpaired) electrons. The fourth-order valence-electron chi connectivity index (χ4n) is 6.24. The molecule has 0 fully saturated rings. The molecule has 0 rings (SSSR count). The van der Waals surface area contributed by atoms with E-state index in [1.807, 2.05) is 0 Å². The third kappa shape index (κ3) is 38.0. The van der Waals surface area contributed by atoms with Gasteiger partial charge in [0, 0.05) is 6.54 Å². The van der Waals surface area contributed by atoms with Gasteiger partial charge in [0.15, 0.2) is 0 Å². The molecule has 0 atom stereocenters. The van der Waals surface area contributed by atoms with Crippen LogP contribution in [0.1, 0.15) is 219 Å². The Kier molecular flexibility index (Phi) is 42.1. The Morgan fingerprint density at radius 1 is 0.341 bits per heavy atom. The number of unbranched alkanes of at least 4 members (excludes halogenated alkanes) is 30. The van der Waals surface area contributed by atoms with Gasteiger partial charge in [-0.1, -0.05) is 213 Å². The minimum absolute atomic E-state index is 0. The van der Waals surface area contributed by atoms with E-state index in [0.717, 1.165) is 6.54 Å². The third-order valence-corrected chi connectivity index (χ3v) is 9.04. The quantitative estimate of drug-likeness (QED) is 0.0512. The van der Waals surface area contributed by atoms with E-state index in [4.69, 9.17) is 0 Å². The number of nitrogens with zero attached hydrogens (tertiary/aromatic N) is 1. The van der Waals surface area contributed by atoms with Gasteiger partial charge >= 0.3 is 0 Å². The van der Waals surface area contributed by atoms with Crippen molar-refractivity contribution in [3.8, 4) is 0 Å². The average molecular weight is 599 g/mol. The van der Waals surface area contributed by atoms with Gasteiger partial charge in [0.2, 0.25) is 0 Å². The van der Waals surface area contributed by atoms with Crippen LogP contribution in [0.3, 0.4) is 0 Å². The summed E-state index contributed by atoms with van der Waals surface area (Å²) in [6.07, 6.45) is 48.6. The van der Waals surface area contributed by atoms with Crippen LogP contribution in [0.5, 0.6) is 0 Å². The molecule has 0 aromatic heterocycles. The first-order chi connectivity index (χ1) is 19.8. The Balaban J connectivity index is 0. The van der Waals surface area contributed by atoms with Gasteiger partial charge in [-0.15, -0.1) is 19.0 Å². The highest BCUT2D eigenvalue weighted by molar-refractivity contribution is 5.85. The van der Waals surface area contributed by atoms with E-state index >= 15 is 0 Å². The molecule has 0 aliphatic rings. The second-order valence-corrected chi connectivity index (χ2v) is 13.2. The summed E-state index contributed by atoms with van der Waals surface area (Å²) in [5.41, 5.74) is 0. The molecule has 0 spiro atoms. The molecule has 248 valence electrons. The van der Waals surface area contributed by atoms with E-state index in [1.165, 1.54) is 219 Å². The Hall–Kier alpha value is -0.0100. The minimum atomic E-state index is 0. The zero-order chi connectivity index (χ0) is 29.0. The molecule has 0 unspecified atom stereocenters. The lowest BCUT2D eigenvalue weighted by Crippen LogP contribution is -2.26. The van der Waals surface area contributed by atoms with Crippen molar-refractivity contribution in [2.24, 2.45) is 0 Å². The summed E-state index contributed by atoms with van der Waals surface area (Å²) in [5, 5.41) is 0. The number of halogens is 1. The van der Waals surface area contributed by atoms with Crippen LogP contribution in [0.15, 0.2) is 12.7 Å². The average Bonchev–Trinajstić information content (AvgIpc) is 2.96. The zero-order valence-electron chi connectivity index (χ0n) is 28.9. The molecule has 0 bridgehead atoms. The van der Waals surface area contributed by atoms with E-state index < -0.39 is 0 Å². The monoisotopic (exact) mass is 598 g/mol. The van der Waals surface area contributed by atoms with Gasteiger partial charge in [0.1, 0.15) is 0 Å². The topological polar surface area (TPSA) is 3.24 Å². The predicted octanol–water partition coefficient (Wildman–Crippen LogP) is 14.4. The van der Waals surface area contributed by atoms with Gasteiger partial charge in [-0.2, -0.15) is 0 Å². The Bertz CT molecular complexity index is 415. The van der Waals surface area contributed by atoms with Gasteiger partial charge in [0.05, 0.1) is 0 Å². The van der Waals surface area contributed by atoms with Crippen LogP contribution in [0, 0.1) is 0 Å². The van der Waals surface area contributed by atoms with Crippen LogP contribution in [0.4, 0.5) is 0 Å². The molecule has 0 aromatic carbocycles. The van der Waals surface area contributed by atoms with Crippen molar-refractivity contribution in [3.05, 3.63) is 12.7 Å². The molecule has 0 aliphatic carbocycles. The molecule has 41 heavy (non-hydrogen) atoms. The van der Waals surface area contributed by atoms with Crippen LogP contribution in [-0.4, -0.2) is 24.5 Å². The van der Waals surface area contributed by atoms with E-state index in [1.54, 1.807) is 0 Å². The van der Waals surface area contributed by atoms with E-state index in [9.17, 15) is 0 Å².